The minimum absolute atomic E-state index is 0.0652. The zero-order valence-corrected chi connectivity index (χ0v) is 14.3. The number of carbonyl (C=O) groups is 1. The van der Waals surface area contributed by atoms with Crippen LogP contribution in [0, 0.1) is 6.92 Å². The molecular formula is C19H19ClN2O. The number of aryl methyl sites for hydroxylation is 1. The van der Waals surface area contributed by atoms with Gasteiger partial charge in [0, 0.05) is 18.4 Å². The maximum atomic E-state index is 12.1. The average molecular weight is 327 g/mol. The number of hydrogen-bond acceptors (Lipinski definition) is 2. The number of carbonyl (C=O) groups excluding carboxylic acids is 1. The lowest BCUT2D eigenvalue weighted by Crippen LogP contribution is -2.39. The van der Waals surface area contributed by atoms with E-state index in [1.54, 1.807) is 11.9 Å². The molecule has 23 heavy (non-hydrogen) atoms. The van der Waals surface area contributed by atoms with Crippen LogP contribution in [-0.4, -0.2) is 16.6 Å². The van der Waals surface area contributed by atoms with Crippen LogP contribution in [0.2, 0.25) is 5.02 Å². The Morgan fingerprint density at radius 2 is 1.74 bits per heavy atom. The summed E-state index contributed by atoms with van der Waals surface area (Å²) in [5.41, 5.74) is 3.73. The van der Waals surface area contributed by atoms with E-state index in [-0.39, 0.29) is 5.91 Å². The first-order valence-electron chi connectivity index (χ1n) is 7.61. The molecule has 2 aromatic carbocycles. The molecule has 0 saturated carbocycles. The van der Waals surface area contributed by atoms with Crippen molar-refractivity contribution >= 4 is 23.2 Å². The lowest BCUT2D eigenvalue weighted by molar-refractivity contribution is -0.133. The maximum absolute atomic E-state index is 12.1. The minimum Gasteiger partial charge on any atom is -0.273 e. The second-order valence-electron chi connectivity index (χ2n) is 6.20. The summed E-state index contributed by atoms with van der Waals surface area (Å²) in [5.74, 6) is -0.0652. The van der Waals surface area contributed by atoms with Gasteiger partial charge >= 0.3 is 0 Å². The molecule has 3 nitrogen and oxygen atoms in total. The van der Waals surface area contributed by atoms with E-state index in [0.717, 1.165) is 16.8 Å². The predicted molar refractivity (Wildman–Crippen MR) is 93.7 cm³/mol. The van der Waals surface area contributed by atoms with Crippen molar-refractivity contribution in [3.05, 3.63) is 70.2 Å². The van der Waals surface area contributed by atoms with Gasteiger partial charge in [-0.15, -0.1) is 0 Å². The highest BCUT2D eigenvalue weighted by atomic mass is 35.5. The summed E-state index contributed by atoms with van der Waals surface area (Å²) >= 11 is 5.99. The van der Waals surface area contributed by atoms with E-state index >= 15 is 0 Å². The highest BCUT2D eigenvalue weighted by molar-refractivity contribution is 6.30. The molecular weight excluding hydrogens is 308 g/mol. The number of halogens is 1. The summed E-state index contributed by atoms with van der Waals surface area (Å²) in [6.45, 7) is 5.65. The third-order valence-electron chi connectivity index (χ3n) is 4.35. The first-order valence-corrected chi connectivity index (χ1v) is 7.99. The van der Waals surface area contributed by atoms with Crippen LogP contribution >= 0.6 is 11.6 Å². The summed E-state index contributed by atoms with van der Waals surface area (Å²) in [7, 11) is 0. The highest BCUT2D eigenvalue weighted by Gasteiger charge is 2.42. The zero-order valence-electron chi connectivity index (χ0n) is 13.5. The van der Waals surface area contributed by atoms with Crippen molar-refractivity contribution in [2.24, 2.45) is 5.10 Å². The van der Waals surface area contributed by atoms with E-state index in [1.807, 2.05) is 31.2 Å². The summed E-state index contributed by atoms with van der Waals surface area (Å²) in [5, 5.41) is 6.88. The van der Waals surface area contributed by atoms with Crippen LogP contribution in [0.4, 0.5) is 0 Å². The lowest BCUT2D eigenvalue weighted by Gasteiger charge is -2.32. The Morgan fingerprint density at radius 1 is 1.13 bits per heavy atom. The van der Waals surface area contributed by atoms with E-state index in [4.69, 9.17) is 11.6 Å². The van der Waals surface area contributed by atoms with Crippen LogP contribution in [0.5, 0.6) is 0 Å². The van der Waals surface area contributed by atoms with Crippen LogP contribution in [0.25, 0.3) is 0 Å². The molecule has 0 saturated heterocycles. The van der Waals surface area contributed by atoms with Gasteiger partial charge in [0.15, 0.2) is 0 Å². The fraction of sp³-hybridized carbons (Fsp3) is 0.263. The lowest BCUT2D eigenvalue weighted by atomic mass is 9.85. The molecule has 1 amide bonds. The van der Waals surface area contributed by atoms with Crippen molar-refractivity contribution in [2.75, 3.05) is 0 Å². The van der Waals surface area contributed by atoms with Gasteiger partial charge in [-0.25, -0.2) is 5.01 Å². The zero-order chi connectivity index (χ0) is 16.6. The van der Waals surface area contributed by atoms with Gasteiger partial charge in [0.1, 0.15) is 0 Å². The van der Waals surface area contributed by atoms with Crippen LogP contribution in [0.1, 0.15) is 37.0 Å². The molecule has 3 rings (SSSR count). The Labute approximate surface area is 141 Å². The summed E-state index contributed by atoms with van der Waals surface area (Å²) in [6.07, 6.45) is 0.678. The molecule has 0 aromatic heterocycles. The van der Waals surface area contributed by atoms with E-state index in [9.17, 15) is 4.79 Å². The molecule has 0 spiro atoms. The van der Waals surface area contributed by atoms with Crippen LogP contribution < -0.4 is 0 Å². The maximum Gasteiger partial charge on any atom is 0.240 e. The van der Waals surface area contributed by atoms with Gasteiger partial charge in [0.2, 0.25) is 5.91 Å². The Morgan fingerprint density at radius 3 is 2.30 bits per heavy atom. The highest BCUT2D eigenvalue weighted by Crippen LogP contribution is 2.39. The van der Waals surface area contributed by atoms with Crippen molar-refractivity contribution in [1.29, 1.82) is 0 Å². The van der Waals surface area contributed by atoms with Crippen molar-refractivity contribution in [1.82, 2.24) is 5.01 Å². The van der Waals surface area contributed by atoms with Gasteiger partial charge in [-0.3, -0.25) is 4.79 Å². The third-order valence-corrected chi connectivity index (χ3v) is 4.60. The number of nitrogens with zero attached hydrogens (tertiary/aromatic N) is 2. The fourth-order valence-corrected chi connectivity index (χ4v) is 3.15. The predicted octanol–water partition coefficient (Wildman–Crippen LogP) is 4.52. The van der Waals surface area contributed by atoms with Crippen molar-refractivity contribution < 1.29 is 4.79 Å². The van der Waals surface area contributed by atoms with Crippen molar-refractivity contribution in [2.45, 2.75) is 32.7 Å². The van der Waals surface area contributed by atoms with Gasteiger partial charge in [-0.1, -0.05) is 53.6 Å². The quantitative estimate of drug-likeness (QED) is 0.798. The van der Waals surface area contributed by atoms with E-state index in [0.29, 0.717) is 11.4 Å². The number of rotatable bonds is 2. The van der Waals surface area contributed by atoms with E-state index in [2.05, 4.69) is 36.3 Å². The molecule has 0 N–H and O–H groups in total. The van der Waals surface area contributed by atoms with Gasteiger partial charge in [0.25, 0.3) is 0 Å². The summed E-state index contributed by atoms with van der Waals surface area (Å²) in [6, 6.07) is 15.9. The van der Waals surface area contributed by atoms with E-state index < -0.39 is 5.54 Å². The Bertz CT molecular complexity index is 765. The Balaban J connectivity index is 2.01. The molecule has 0 fully saturated rings. The molecule has 0 bridgehead atoms. The Hall–Kier alpha value is -2.13. The molecule has 0 radical (unpaired) electrons. The van der Waals surface area contributed by atoms with Crippen LogP contribution in [0.15, 0.2) is 53.6 Å². The van der Waals surface area contributed by atoms with Crippen molar-refractivity contribution in [3.63, 3.8) is 0 Å². The van der Waals surface area contributed by atoms with Crippen molar-refractivity contribution in [3.8, 4) is 0 Å². The molecule has 1 unspecified atom stereocenters. The largest absolute Gasteiger partial charge is 0.273 e. The fourth-order valence-electron chi connectivity index (χ4n) is 3.02. The molecule has 1 heterocycles. The smallest absolute Gasteiger partial charge is 0.240 e. The second kappa shape index (κ2) is 5.82. The number of amides is 1. The first-order chi connectivity index (χ1) is 10.9. The molecule has 1 aliphatic rings. The third kappa shape index (κ3) is 2.89. The van der Waals surface area contributed by atoms with Gasteiger partial charge in [0.05, 0.1) is 11.3 Å². The molecule has 2 aromatic rings. The number of hydrazone groups is 1. The first kappa shape index (κ1) is 15.8. The van der Waals surface area contributed by atoms with Crippen LogP contribution in [0.3, 0.4) is 0 Å². The van der Waals surface area contributed by atoms with Gasteiger partial charge in [-0.2, -0.15) is 5.10 Å². The average Bonchev–Trinajstić information content (AvgIpc) is 2.88. The normalized spacial score (nSPS) is 20.5. The van der Waals surface area contributed by atoms with Gasteiger partial charge < -0.3 is 0 Å². The molecule has 1 atom stereocenters. The standard InChI is InChI=1S/C19H19ClN2O/c1-13-4-6-15(7-5-13)18-12-19(3,22(21-18)14(2)23)16-8-10-17(20)11-9-16/h4-11H,12H2,1-3H3. The molecule has 118 valence electrons. The summed E-state index contributed by atoms with van der Waals surface area (Å²) < 4.78 is 0. The Kier molecular flexibility index (Phi) is 3.99. The monoisotopic (exact) mass is 326 g/mol. The molecule has 4 heteroatoms. The number of hydrogen-bond donors (Lipinski definition) is 0. The van der Waals surface area contributed by atoms with Gasteiger partial charge in [-0.05, 0) is 37.1 Å². The SMILES string of the molecule is CC(=O)N1N=C(c2ccc(C)cc2)CC1(C)c1ccc(Cl)cc1. The van der Waals surface area contributed by atoms with E-state index in [1.165, 1.54) is 5.56 Å². The van der Waals surface area contributed by atoms with Crippen LogP contribution in [-0.2, 0) is 10.3 Å². The topological polar surface area (TPSA) is 32.7 Å². The summed E-state index contributed by atoms with van der Waals surface area (Å²) in [4.78, 5) is 12.1. The number of benzene rings is 2. The minimum atomic E-state index is -0.489. The second-order valence-corrected chi connectivity index (χ2v) is 6.64. The molecule has 0 aliphatic carbocycles. The molecule has 1 aliphatic heterocycles.